The van der Waals surface area contributed by atoms with Crippen LogP contribution in [-0.2, 0) is 11.2 Å². The van der Waals surface area contributed by atoms with Crippen molar-refractivity contribution in [3.8, 4) is 10.6 Å². The number of thiazole rings is 1. The van der Waals surface area contributed by atoms with Gasteiger partial charge in [-0.25, -0.2) is 14.2 Å². The topological polar surface area (TPSA) is 54.5 Å². The van der Waals surface area contributed by atoms with Gasteiger partial charge in [0.15, 0.2) is 0 Å². The lowest BCUT2D eigenvalue weighted by Gasteiger charge is -2.39. The number of fused-ring (bicyclic) bond motifs is 1. The Morgan fingerprint density at radius 2 is 2.07 bits per heavy atom. The first kappa shape index (κ1) is 20.3. The summed E-state index contributed by atoms with van der Waals surface area (Å²) in [5.74, 6) is -0.248. The monoisotopic (exact) mass is 417 g/mol. The van der Waals surface area contributed by atoms with Crippen molar-refractivity contribution in [3.63, 3.8) is 0 Å². The van der Waals surface area contributed by atoms with Crippen LogP contribution in [0, 0.1) is 5.82 Å². The van der Waals surface area contributed by atoms with Crippen LogP contribution in [0.5, 0.6) is 0 Å². The van der Waals surface area contributed by atoms with E-state index >= 15 is 0 Å². The van der Waals surface area contributed by atoms with Crippen LogP contribution in [0.15, 0.2) is 24.3 Å². The number of likely N-dealkylation sites (tertiary alicyclic amines) is 1. The number of hydrogen-bond donors (Lipinski definition) is 1. The highest BCUT2D eigenvalue weighted by molar-refractivity contribution is 7.15. The molecule has 5 nitrogen and oxygen atoms in total. The number of halogens is 1. The van der Waals surface area contributed by atoms with Gasteiger partial charge in [0.25, 0.3) is 0 Å². The van der Waals surface area contributed by atoms with Crippen LogP contribution < -0.4 is 5.32 Å². The van der Waals surface area contributed by atoms with E-state index in [0.717, 1.165) is 48.4 Å². The number of nitrogens with one attached hydrogen (secondary N) is 1. The average Bonchev–Trinajstić information content (AvgIpc) is 3.14. The predicted octanol–water partition coefficient (Wildman–Crippen LogP) is 4.93. The van der Waals surface area contributed by atoms with E-state index in [9.17, 15) is 9.18 Å². The van der Waals surface area contributed by atoms with E-state index in [1.165, 1.54) is 17.0 Å². The Hall–Kier alpha value is -1.99. The third-order valence-corrected chi connectivity index (χ3v) is 7.12. The van der Waals surface area contributed by atoms with Gasteiger partial charge in [-0.15, -0.1) is 11.3 Å². The summed E-state index contributed by atoms with van der Waals surface area (Å²) in [6.45, 7) is 6.26. The molecule has 1 aliphatic carbocycles. The van der Waals surface area contributed by atoms with Gasteiger partial charge < -0.3 is 15.0 Å². The van der Waals surface area contributed by atoms with Gasteiger partial charge >= 0.3 is 6.03 Å². The Morgan fingerprint density at radius 1 is 1.34 bits per heavy atom. The molecular formula is C22H28FN3O2S. The molecule has 1 fully saturated rings. The normalized spacial score (nSPS) is 20.9. The maximum absolute atomic E-state index is 13.2. The van der Waals surface area contributed by atoms with E-state index in [4.69, 9.17) is 9.72 Å². The second-order valence-corrected chi connectivity index (χ2v) is 9.18. The third kappa shape index (κ3) is 4.46. The van der Waals surface area contributed by atoms with E-state index < -0.39 is 0 Å². The Kier molecular flexibility index (Phi) is 5.88. The maximum Gasteiger partial charge on any atom is 0.317 e. The molecule has 1 atom stereocenters. The molecule has 2 heterocycles. The molecule has 1 saturated heterocycles. The van der Waals surface area contributed by atoms with Gasteiger partial charge in [-0.2, -0.15) is 0 Å². The molecule has 2 aromatic rings. The van der Waals surface area contributed by atoms with Crippen LogP contribution in [-0.4, -0.2) is 41.2 Å². The summed E-state index contributed by atoms with van der Waals surface area (Å²) in [7, 11) is 0. The first-order chi connectivity index (χ1) is 14.0. The zero-order valence-electron chi connectivity index (χ0n) is 17.0. The molecule has 4 rings (SSSR count). The molecule has 0 spiro atoms. The number of benzene rings is 1. The van der Waals surface area contributed by atoms with Gasteiger partial charge in [-0.05, 0) is 70.2 Å². The number of rotatable bonds is 4. The van der Waals surface area contributed by atoms with Crippen molar-refractivity contribution in [1.29, 1.82) is 0 Å². The van der Waals surface area contributed by atoms with Crippen LogP contribution in [0.1, 0.15) is 56.1 Å². The fourth-order valence-corrected chi connectivity index (χ4v) is 5.36. The van der Waals surface area contributed by atoms with E-state index in [0.29, 0.717) is 19.7 Å². The van der Waals surface area contributed by atoms with E-state index in [1.54, 1.807) is 23.5 Å². The first-order valence-electron chi connectivity index (χ1n) is 10.4. The van der Waals surface area contributed by atoms with E-state index in [-0.39, 0.29) is 23.5 Å². The zero-order valence-corrected chi connectivity index (χ0v) is 17.9. The molecule has 29 heavy (non-hydrogen) atoms. The summed E-state index contributed by atoms with van der Waals surface area (Å²) < 4.78 is 19.1. The number of ether oxygens (including phenoxy) is 1. The lowest BCUT2D eigenvalue weighted by atomic mass is 9.93. The summed E-state index contributed by atoms with van der Waals surface area (Å²) in [6, 6.07) is 6.37. The number of nitrogens with zero attached hydrogens (tertiary/aromatic N) is 2. The summed E-state index contributed by atoms with van der Waals surface area (Å²) in [6.07, 6.45) is 4.63. The zero-order chi connectivity index (χ0) is 20.4. The molecule has 0 bridgehead atoms. The third-order valence-electron chi connectivity index (χ3n) is 5.94. The van der Waals surface area contributed by atoms with Crippen molar-refractivity contribution in [2.75, 3.05) is 19.7 Å². The Labute approximate surface area is 175 Å². The SMILES string of the molecule is CCOC1(C)CCN(C(=O)NC2CCCc3sc(-c4ccc(F)cc4)nc32)CC1. The Bertz CT molecular complexity index is 859. The molecule has 1 aliphatic heterocycles. The van der Waals surface area contributed by atoms with E-state index in [1.807, 2.05) is 11.8 Å². The van der Waals surface area contributed by atoms with Crippen LogP contribution in [0.3, 0.4) is 0 Å². The lowest BCUT2D eigenvalue weighted by Crippen LogP contribution is -2.50. The fraction of sp³-hybridized carbons (Fsp3) is 0.545. The smallest absolute Gasteiger partial charge is 0.317 e. The van der Waals surface area contributed by atoms with Crippen molar-refractivity contribution in [2.45, 2.75) is 57.6 Å². The average molecular weight is 418 g/mol. The summed E-state index contributed by atoms with van der Waals surface area (Å²) >= 11 is 1.65. The highest BCUT2D eigenvalue weighted by atomic mass is 32.1. The first-order valence-corrected chi connectivity index (χ1v) is 11.2. The van der Waals surface area contributed by atoms with Gasteiger partial charge in [-0.3, -0.25) is 0 Å². The van der Waals surface area contributed by atoms with Gasteiger partial charge in [0, 0.05) is 30.1 Å². The van der Waals surface area contributed by atoms with Crippen molar-refractivity contribution in [3.05, 3.63) is 40.7 Å². The standard InChI is InChI=1S/C22H28FN3O2S/c1-3-28-22(2)11-13-26(14-12-22)21(27)24-17-5-4-6-18-19(17)25-20(29-18)15-7-9-16(23)10-8-15/h7-10,17H,3-6,11-14H2,1-2H3,(H,24,27). The van der Waals surface area contributed by atoms with Crippen LogP contribution in [0.2, 0.25) is 0 Å². The molecule has 1 aromatic carbocycles. The summed E-state index contributed by atoms with van der Waals surface area (Å²) in [5, 5.41) is 4.10. The summed E-state index contributed by atoms with van der Waals surface area (Å²) in [5.41, 5.74) is 1.77. The Morgan fingerprint density at radius 3 is 2.76 bits per heavy atom. The molecule has 1 aromatic heterocycles. The van der Waals surface area contributed by atoms with Gasteiger partial charge in [0.2, 0.25) is 0 Å². The second-order valence-electron chi connectivity index (χ2n) is 8.10. The highest BCUT2D eigenvalue weighted by Gasteiger charge is 2.34. The lowest BCUT2D eigenvalue weighted by molar-refractivity contribution is -0.0596. The molecular weight excluding hydrogens is 389 g/mol. The van der Waals surface area contributed by atoms with Crippen molar-refractivity contribution in [1.82, 2.24) is 15.2 Å². The van der Waals surface area contributed by atoms with Gasteiger partial charge in [0.05, 0.1) is 17.3 Å². The number of carbonyl (C=O) groups is 1. The minimum Gasteiger partial charge on any atom is -0.375 e. The molecule has 156 valence electrons. The number of carbonyl (C=O) groups excluding carboxylic acids is 1. The highest BCUT2D eigenvalue weighted by Crippen LogP contribution is 2.37. The van der Waals surface area contributed by atoms with Crippen molar-refractivity contribution < 1.29 is 13.9 Å². The number of amides is 2. The quantitative estimate of drug-likeness (QED) is 0.768. The molecule has 0 saturated carbocycles. The molecule has 1 unspecified atom stereocenters. The number of aryl methyl sites for hydroxylation is 1. The van der Waals surface area contributed by atoms with Gasteiger partial charge in [0.1, 0.15) is 10.8 Å². The number of piperidine rings is 1. The Balaban J connectivity index is 1.43. The summed E-state index contributed by atoms with van der Waals surface area (Å²) in [4.78, 5) is 20.8. The minimum atomic E-state index is -0.248. The largest absolute Gasteiger partial charge is 0.375 e. The molecule has 2 aliphatic rings. The number of urea groups is 1. The van der Waals surface area contributed by atoms with Crippen LogP contribution in [0.4, 0.5) is 9.18 Å². The molecule has 2 amide bonds. The molecule has 7 heteroatoms. The fourth-order valence-electron chi connectivity index (χ4n) is 4.19. The minimum absolute atomic E-state index is 0.0160. The van der Waals surface area contributed by atoms with E-state index in [2.05, 4.69) is 12.2 Å². The second kappa shape index (κ2) is 8.40. The molecule has 0 radical (unpaired) electrons. The molecule has 1 N–H and O–H groups in total. The van der Waals surface area contributed by atoms with Crippen LogP contribution in [0.25, 0.3) is 10.6 Å². The van der Waals surface area contributed by atoms with Crippen molar-refractivity contribution >= 4 is 17.4 Å². The van der Waals surface area contributed by atoms with Crippen LogP contribution >= 0.6 is 11.3 Å². The van der Waals surface area contributed by atoms with Crippen molar-refractivity contribution in [2.24, 2.45) is 0 Å². The number of aromatic nitrogens is 1. The predicted molar refractivity (Wildman–Crippen MR) is 113 cm³/mol. The maximum atomic E-state index is 13.2. The number of hydrogen-bond acceptors (Lipinski definition) is 4. The van der Waals surface area contributed by atoms with Gasteiger partial charge in [-0.1, -0.05) is 0 Å².